The molecule has 0 aliphatic heterocycles. The average Bonchev–Trinajstić information content (AvgIpc) is 2.81. The third-order valence-electron chi connectivity index (χ3n) is 3.02. The molecule has 1 aromatic heterocycles. The molecule has 0 saturated carbocycles. The van der Waals surface area contributed by atoms with Crippen molar-refractivity contribution in [2.24, 2.45) is 0 Å². The summed E-state index contributed by atoms with van der Waals surface area (Å²) in [6.07, 6.45) is 0. The minimum atomic E-state index is -0.704. The van der Waals surface area contributed by atoms with Crippen LogP contribution in [0, 0.1) is 11.6 Å². The first-order valence-electron chi connectivity index (χ1n) is 6.09. The number of rotatable bonds is 2. The highest BCUT2D eigenvalue weighted by atomic mass is 32.1. The lowest BCUT2D eigenvalue weighted by Gasteiger charge is -2.05. The monoisotopic (exact) mass is 304 g/mol. The van der Waals surface area contributed by atoms with Crippen molar-refractivity contribution in [1.82, 2.24) is 0 Å². The van der Waals surface area contributed by atoms with E-state index in [1.807, 2.05) is 18.2 Å². The number of carbonyl (C=O) groups excluding carboxylic acids is 1. The zero-order valence-electron chi connectivity index (χ0n) is 10.7. The van der Waals surface area contributed by atoms with E-state index in [2.05, 4.69) is 5.32 Å². The van der Waals surface area contributed by atoms with Crippen molar-refractivity contribution in [3.05, 3.63) is 59.0 Å². The lowest BCUT2D eigenvalue weighted by molar-refractivity contribution is 0.103. The summed E-state index contributed by atoms with van der Waals surface area (Å²) in [7, 11) is 0. The van der Waals surface area contributed by atoms with Crippen LogP contribution in [0.25, 0.3) is 10.1 Å². The van der Waals surface area contributed by atoms with Gasteiger partial charge in [0, 0.05) is 16.2 Å². The van der Waals surface area contributed by atoms with Gasteiger partial charge in [0.25, 0.3) is 5.91 Å². The number of fused-ring (bicyclic) bond motifs is 1. The van der Waals surface area contributed by atoms with Crippen molar-refractivity contribution < 1.29 is 13.6 Å². The van der Waals surface area contributed by atoms with Crippen LogP contribution in [0.2, 0.25) is 0 Å². The summed E-state index contributed by atoms with van der Waals surface area (Å²) in [5.41, 5.74) is 6.07. The van der Waals surface area contributed by atoms with Gasteiger partial charge in [-0.05, 0) is 18.2 Å². The van der Waals surface area contributed by atoms with Gasteiger partial charge in [-0.1, -0.05) is 18.2 Å². The Bertz CT molecular complexity index is 845. The molecule has 1 amide bonds. The molecule has 106 valence electrons. The molecular formula is C15H10F2N2OS. The molecule has 21 heavy (non-hydrogen) atoms. The Hall–Kier alpha value is -2.47. The molecule has 0 bridgehead atoms. The molecule has 0 aliphatic carbocycles. The fourth-order valence-corrected chi connectivity index (χ4v) is 3.02. The number of benzene rings is 2. The van der Waals surface area contributed by atoms with Gasteiger partial charge in [-0.3, -0.25) is 4.79 Å². The Morgan fingerprint density at radius 1 is 1.14 bits per heavy atom. The number of amides is 1. The topological polar surface area (TPSA) is 55.1 Å². The van der Waals surface area contributed by atoms with Crippen molar-refractivity contribution in [1.29, 1.82) is 0 Å². The quantitative estimate of drug-likeness (QED) is 0.751. The van der Waals surface area contributed by atoms with Gasteiger partial charge in [0.1, 0.15) is 16.5 Å². The summed E-state index contributed by atoms with van der Waals surface area (Å²) in [5.74, 6) is -1.89. The van der Waals surface area contributed by atoms with E-state index < -0.39 is 17.5 Å². The minimum absolute atomic E-state index is 0.211. The van der Waals surface area contributed by atoms with E-state index in [-0.39, 0.29) is 10.6 Å². The standard InChI is InChI=1S/C15H10F2N2OS/c16-8-5-6-10(17)11(7-8)19-15(20)14-13(18)9-3-1-2-4-12(9)21-14/h1-7H,18H2,(H,19,20). The van der Waals surface area contributed by atoms with Crippen LogP contribution in [0.15, 0.2) is 42.5 Å². The van der Waals surface area contributed by atoms with Gasteiger partial charge in [0.15, 0.2) is 0 Å². The smallest absolute Gasteiger partial charge is 0.267 e. The van der Waals surface area contributed by atoms with Gasteiger partial charge >= 0.3 is 0 Å². The Labute approximate surface area is 123 Å². The normalized spacial score (nSPS) is 10.8. The van der Waals surface area contributed by atoms with Crippen LogP contribution >= 0.6 is 11.3 Å². The molecule has 0 radical (unpaired) electrons. The molecule has 0 saturated heterocycles. The number of nitrogen functional groups attached to an aromatic ring is 1. The van der Waals surface area contributed by atoms with E-state index in [0.717, 1.165) is 28.3 Å². The molecule has 3 nitrogen and oxygen atoms in total. The molecule has 0 atom stereocenters. The minimum Gasteiger partial charge on any atom is -0.397 e. The van der Waals surface area contributed by atoms with Crippen molar-refractivity contribution >= 4 is 38.7 Å². The Balaban J connectivity index is 1.97. The van der Waals surface area contributed by atoms with Crippen LogP contribution in [0.1, 0.15) is 9.67 Å². The number of halogens is 2. The second-order valence-electron chi connectivity index (χ2n) is 4.42. The maximum atomic E-state index is 13.5. The second-order valence-corrected chi connectivity index (χ2v) is 5.47. The maximum absolute atomic E-state index is 13.5. The number of anilines is 2. The maximum Gasteiger partial charge on any atom is 0.267 e. The number of nitrogens with two attached hydrogens (primary N) is 1. The molecule has 0 aliphatic rings. The van der Waals surface area contributed by atoms with Crippen molar-refractivity contribution in [3.63, 3.8) is 0 Å². The second kappa shape index (κ2) is 5.14. The van der Waals surface area contributed by atoms with E-state index in [1.165, 1.54) is 11.3 Å². The van der Waals surface area contributed by atoms with Gasteiger partial charge in [-0.25, -0.2) is 8.78 Å². The number of hydrogen-bond acceptors (Lipinski definition) is 3. The molecule has 2 aromatic carbocycles. The van der Waals surface area contributed by atoms with E-state index >= 15 is 0 Å². The molecular weight excluding hydrogens is 294 g/mol. The molecule has 3 aromatic rings. The highest BCUT2D eigenvalue weighted by molar-refractivity contribution is 7.21. The number of thiophene rings is 1. The van der Waals surface area contributed by atoms with E-state index in [1.54, 1.807) is 6.07 Å². The van der Waals surface area contributed by atoms with Crippen molar-refractivity contribution in [2.45, 2.75) is 0 Å². The Kier molecular flexibility index (Phi) is 3.31. The molecule has 3 N–H and O–H groups in total. The van der Waals surface area contributed by atoms with E-state index in [9.17, 15) is 13.6 Å². The molecule has 0 spiro atoms. The SMILES string of the molecule is Nc1c(C(=O)Nc2cc(F)ccc2F)sc2ccccc12. The van der Waals surface area contributed by atoms with Crippen molar-refractivity contribution in [2.75, 3.05) is 11.1 Å². The predicted octanol–water partition coefficient (Wildman–Crippen LogP) is 4.01. The van der Waals surface area contributed by atoms with Crippen LogP contribution in [-0.4, -0.2) is 5.91 Å². The fourth-order valence-electron chi connectivity index (χ4n) is 2.01. The fraction of sp³-hybridized carbons (Fsp3) is 0. The molecule has 0 fully saturated rings. The summed E-state index contributed by atoms with van der Waals surface area (Å²) in [6, 6.07) is 10.2. The first kappa shape index (κ1) is 13.5. The lowest BCUT2D eigenvalue weighted by Crippen LogP contribution is -2.13. The summed E-state index contributed by atoms with van der Waals surface area (Å²) in [4.78, 5) is 12.5. The summed E-state index contributed by atoms with van der Waals surface area (Å²) >= 11 is 1.21. The first-order chi connectivity index (χ1) is 10.1. The van der Waals surface area contributed by atoms with Gasteiger partial charge in [-0.15, -0.1) is 11.3 Å². The summed E-state index contributed by atoms with van der Waals surface area (Å²) in [5, 5.41) is 3.12. The predicted molar refractivity (Wildman–Crippen MR) is 80.5 cm³/mol. The zero-order valence-corrected chi connectivity index (χ0v) is 11.5. The average molecular weight is 304 g/mol. The van der Waals surface area contributed by atoms with Gasteiger partial charge in [0.2, 0.25) is 0 Å². The van der Waals surface area contributed by atoms with E-state index in [0.29, 0.717) is 5.69 Å². The highest BCUT2D eigenvalue weighted by Gasteiger charge is 2.17. The Morgan fingerprint density at radius 2 is 1.90 bits per heavy atom. The van der Waals surface area contributed by atoms with Gasteiger partial charge in [0.05, 0.1) is 11.4 Å². The van der Waals surface area contributed by atoms with Gasteiger partial charge < -0.3 is 11.1 Å². The first-order valence-corrected chi connectivity index (χ1v) is 6.91. The van der Waals surface area contributed by atoms with Gasteiger partial charge in [-0.2, -0.15) is 0 Å². The van der Waals surface area contributed by atoms with Crippen molar-refractivity contribution in [3.8, 4) is 0 Å². The summed E-state index contributed by atoms with van der Waals surface area (Å²) in [6.45, 7) is 0. The lowest BCUT2D eigenvalue weighted by atomic mass is 10.2. The van der Waals surface area contributed by atoms with Crippen LogP contribution in [-0.2, 0) is 0 Å². The number of nitrogens with one attached hydrogen (secondary N) is 1. The molecule has 6 heteroatoms. The highest BCUT2D eigenvalue weighted by Crippen LogP contribution is 2.34. The largest absolute Gasteiger partial charge is 0.397 e. The molecule has 0 unspecified atom stereocenters. The molecule has 3 rings (SSSR count). The zero-order chi connectivity index (χ0) is 15.0. The van der Waals surface area contributed by atoms with Crippen LogP contribution in [0.4, 0.5) is 20.2 Å². The number of hydrogen-bond donors (Lipinski definition) is 2. The number of carbonyl (C=O) groups is 1. The van der Waals surface area contributed by atoms with Crippen LogP contribution < -0.4 is 11.1 Å². The third-order valence-corrected chi connectivity index (χ3v) is 4.20. The van der Waals surface area contributed by atoms with Crippen LogP contribution in [0.5, 0.6) is 0 Å². The van der Waals surface area contributed by atoms with E-state index in [4.69, 9.17) is 5.73 Å². The Morgan fingerprint density at radius 3 is 2.67 bits per heavy atom. The third kappa shape index (κ3) is 2.45. The molecule has 1 heterocycles. The van der Waals surface area contributed by atoms with Crippen LogP contribution in [0.3, 0.4) is 0 Å². The summed E-state index contributed by atoms with van der Waals surface area (Å²) < 4.78 is 27.5.